The van der Waals surface area contributed by atoms with E-state index < -0.39 is 45.7 Å². The lowest BCUT2D eigenvalue weighted by Gasteiger charge is -2.10. The first-order chi connectivity index (χ1) is 14.7. The van der Waals surface area contributed by atoms with Gasteiger partial charge in [-0.1, -0.05) is 11.6 Å². The number of nitrogens with one attached hydrogen (secondary N) is 2. The molecule has 0 unspecified atom stereocenters. The third-order valence-electron chi connectivity index (χ3n) is 3.91. The van der Waals surface area contributed by atoms with Gasteiger partial charge in [-0.3, -0.25) is 9.52 Å². The van der Waals surface area contributed by atoms with E-state index in [1.165, 1.54) is 48.5 Å². The van der Waals surface area contributed by atoms with E-state index >= 15 is 0 Å². The number of hydrogen-bond acceptors (Lipinski definition) is 4. The van der Waals surface area contributed by atoms with Crippen LogP contribution in [0.25, 0.3) is 0 Å². The molecule has 162 valence electrons. The minimum Gasteiger partial charge on any atom is -0.484 e. The largest absolute Gasteiger partial charge is 0.484 e. The minimum absolute atomic E-state index is 0.0527. The van der Waals surface area contributed by atoms with Crippen molar-refractivity contribution in [1.29, 1.82) is 0 Å². The third kappa shape index (κ3) is 5.68. The Morgan fingerprint density at radius 2 is 1.55 bits per heavy atom. The van der Waals surface area contributed by atoms with E-state index in [1.54, 1.807) is 0 Å². The van der Waals surface area contributed by atoms with Crippen LogP contribution in [0.1, 0.15) is 0 Å². The van der Waals surface area contributed by atoms with Gasteiger partial charge in [0, 0.05) is 10.7 Å². The summed E-state index contributed by atoms with van der Waals surface area (Å²) in [6.45, 7) is -0.576. The smallest absolute Gasteiger partial charge is 0.262 e. The lowest BCUT2D eigenvalue weighted by Crippen LogP contribution is -2.21. The molecule has 3 rings (SSSR count). The zero-order valence-electron chi connectivity index (χ0n) is 15.5. The van der Waals surface area contributed by atoms with E-state index in [0.717, 1.165) is 6.07 Å². The van der Waals surface area contributed by atoms with Gasteiger partial charge in [0.05, 0.1) is 10.6 Å². The van der Waals surface area contributed by atoms with Crippen molar-refractivity contribution in [3.8, 4) is 5.75 Å². The summed E-state index contributed by atoms with van der Waals surface area (Å²) in [6, 6.07) is 12.8. The Labute approximate surface area is 180 Å². The summed E-state index contributed by atoms with van der Waals surface area (Å²) in [5, 5.41) is 2.51. The van der Waals surface area contributed by atoms with Crippen molar-refractivity contribution in [3.63, 3.8) is 0 Å². The molecule has 0 heterocycles. The molecule has 3 aromatic rings. The van der Waals surface area contributed by atoms with Gasteiger partial charge in [-0.25, -0.2) is 21.6 Å². The first-order valence-corrected chi connectivity index (χ1v) is 10.5. The van der Waals surface area contributed by atoms with Gasteiger partial charge >= 0.3 is 0 Å². The Bertz CT molecular complexity index is 1200. The molecular formula is C20H14ClF3N2O4S. The van der Waals surface area contributed by atoms with Crippen LogP contribution in [0, 0.1) is 17.5 Å². The Hall–Kier alpha value is -3.24. The standard InChI is InChI=1S/C20H14ClF3N2O4S/c21-12-1-3-13(4-2-12)26-31(28,29)15-7-5-14(6-8-15)30-11-18(27)25-17-10-9-16(22)19(23)20(17)24/h1-10,26H,11H2,(H,25,27). The van der Waals surface area contributed by atoms with Crippen molar-refractivity contribution >= 4 is 38.9 Å². The molecule has 0 saturated carbocycles. The molecule has 1 amide bonds. The van der Waals surface area contributed by atoms with E-state index in [2.05, 4.69) is 10.0 Å². The molecule has 6 nitrogen and oxygen atoms in total. The number of anilines is 2. The fraction of sp³-hybridized carbons (Fsp3) is 0.0500. The Morgan fingerprint density at radius 1 is 0.903 bits per heavy atom. The Kier molecular flexibility index (Phi) is 6.71. The number of carbonyl (C=O) groups excluding carboxylic acids is 1. The van der Waals surface area contributed by atoms with Gasteiger partial charge in [0.2, 0.25) is 0 Å². The second-order valence-corrected chi connectivity index (χ2v) is 8.26. The molecular weight excluding hydrogens is 457 g/mol. The number of halogens is 4. The van der Waals surface area contributed by atoms with Crippen molar-refractivity contribution < 1.29 is 31.1 Å². The van der Waals surface area contributed by atoms with E-state index in [9.17, 15) is 26.4 Å². The molecule has 0 bridgehead atoms. The molecule has 0 aromatic heterocycles. The molecule has 31 heavy (non-hydrogen) atoms. The van der Waals surface area contributed by atoms with Gasteiger partial charge in [0.15, 0.2) is 24.1 Å². The third-order valence-corrected chi connectivity index (χ3v) is 5.56. The molecule has 0 radical (unpaired) electrons. The lowest BCUT2D eigenvalue weighted by molar-refractivity contribution is -0.118. The van der Waals surface area contributed by atoms with Gasteiger partial charge in [-0.2, -0.15) is 0 Å². The van der Waals surface area contributed by atoms with Crippen LogP contribution in [-0.2, 0) is 14.8 Å². The second-order valence-electron chi connectivity index (χ2n) is 6.14. The van der Waals surface area contributed by atoms with Crippen LogP contribution in [0.15, 0.2) is 65.6 Å². The van der Waals surface area contributed by atoms with E-state index in [1.807, 2.05) is 0 Å². The van der Waals surface area contributed by atoms with E-state index in [0.29, 0.717) is 16.8 Å². The van der Waals surface area contributed by atoms with Gasteiger partial charge in [0.1, 0.15) is 5.75 Å². The fourth-order valence-electron chi connectivity index (χ4n) is 2.40. The first-order valence-electron chi connectivity index (χ1n) is 8.60. The van der Waals surface area contributed by atoms with Crippen molar-refractivity contribution in [1.82, 2.24) is 0 Å². The number of amides is 1. The first kappa shape index (κ1) is 22.4. The SMILES string of the molecule is O=C(COc1ccc(S(=O)(=O)Nc2ccc(Cl)cc2)cc1)Nc1ccc(F)c(F)c1F. The van der Waals surface area contributed by atoms with Crippen LogP contribution >= 0.6 is 11.6 Å². The highest BCUT2D eigenvalue weighted by molar-refractivity contribution is 7.92. The van der Waals surface area contributed by atoms with E-state index in [-0.39, 0.29) is 10.6 Å². The summed E-state index contributed by atoms with van der Waals surface area (Å²) in [7, 11) is -3.86. The Morgan fingerprint density at radius 3 is 2.19 bits per heavy atom. The van der Waals surface area contributed by atoms with Crippen LogP contribution in [0.2, 0.25) is 5.02 Å². The molecule has 0 aliphatic rings. The van der Waals surface area contributed by atoms with Crippen molar-refractivity contribution in [2.45, 2.75) is 4.90 Å². The van der Waals surface area contributed by atoms with E-state index in [4.69, 9.17) is 16.3 Å². The minimum atomic E-state index is -3.86. The maximum absolute atomic E-state index is 13.6. The highest BCUT2D eigenvalue weighted by atomic mass is 35.5. The molecule has 0 atom stereocenters. The number of benzene rings is 3. The van der Waals surface area contributed by atoms with Gasteiger partial charge in [0.25, 0.3) is 15.9 Å². The van der Waals surface area contributed by atoms with Crippen molar-refractivity contribution in [2.24, 2.45) is 0 Å². The molecule has 0 aliphatic heterocycles. The van der Waals surface area contributed by atoms with Crippen LogP contribution in [0.5, 0.6) is 5.75 Å². The molecule has 0 fully saturated rings. The monoisotopic (exact) mass is 470 g/mol. The summed E-state index contributed by atoms with van der Waals surface area (Å²) in [5.74, 6) is -5.29. The summed E-state index contributed by atoms with van der Waals surface area (Å²) < 4.78 is 72.1. The molecule has 0 saturated heterocycles. The summed E-state index contributed by atoms with van der Waals surface area (Å²) in [5.41, 5.74) is -0.215. The number of sulfonamides is 1. The number of rotatable bonds is 7. The van der Waals surface area contributed by atoms with Crippen molar-refractivity contribution in [3.05, 3.63) is 83.1 Å². The normalized spacial score (nSPS) is 11.1. The van der Waals surface area contributed by atoms with Gasteiger partial charge in [-0.15, -0.1) is 0 Å². The van der Waals surface area contributed by atoms with Gasteiger partial charge in [-0.05, 0) is 60.7 Å². The number of ether oxygens (including phenoxy) is 1. The lowest BCUT2D eigenvalue weighted by atomic mass is 10.3. The quantitative estimate of drug-likeness (QED) is 0.495. The second kappa shape index (κ2) is 9.27. The molecule has 3 aromatic carbocycles. The summed E-state index contributed by atoms with van der Waals surface area (Å²) in [4.78, 5) is 11.8. The van der Waals surface area contributed by atoms with Crippen molar-refractivity contribution in [2.75, 3.05) is 16.6 Å². The van der Waals surface area contributed by atoms with Crippen LogP contribution < -0.4 is 14.8 Å². The Balaban J connectivity index is 1.59. The van der Waals surface area contributed by atoms with Crippen LogP contribution in [0.3, 0.4) is 0 Å². The predicted octanol–water partition coefficient (Wildman–Crippen LogP) is 4.58. The van der Waals surface area contributed by atoms with Crippen LogP contribution in [-0.4, -0.2) is 20.9 Å². The maximum Gasteiger partial charge on any atom is 0.262 e. The molecule has 11 heteroatoms. The molecule has 0 spiro atoms. The zero-order chi connectivity index (χ0) is 22.6. The summed E-state index contributed by atoms with van der Waals surface area (Å²) in [6.07, 6.45) is 0. The summed E-state index contributed by atoms with van der Waals surface area (Å²) >= 11 is 5.77. The average Bonchev–Trinajstić information content (AvgIpc) is 2.74. The highest BCUT2D eigenvalue weighted by Gasteiger charge is 2.16. The highest BCUT2D eigenvalue weighted by Crippen LogP contribution is 2.22. The predicted molar refractivity (Wildman–Crippen MR) is 109 cm³/mol. The molecule has 0 aliphatic carbocycles. The average molecular weight is 471 g/mol. The van der Waals surface area contributed by atoms with Gasteiger partial charge < -0.3 is 10.1 Å². The van der Waals surface area contributed by atoms with Crippen LogP contribution in [0.4, 0.5) is 24.5 Å². The maximum atomic E-state index is 13.6. The number of carbonyl (C=O) groups is 1. The number of hydrogen-bond donors (Lipinski definition) is 2. The topological polar surface area (TPSA) is 84.5 Å². The zero-order valence-corrected chi connectivity index (χ0v) is 17.1. The molecule has 2 N–H and O–H groups in total. The fourth-order valence-corrected chi connectivity index (χ4v) is 3.59.